The van der Waals surface area contributed by atoms with E-state index in [-0.39, 0.29) is 23.2 Å². The summed E-state index contributed by atoms with van der Waals surface area (Å²) in [6.45, 7) is 3.70. The van der Waals surface area contributed by atoms with Gasteiger partial charge in [0.15, 0.2) is 28.4 Å². The smallest absolute Gasteiger partial charge is 0.244 e. The van der Waals surface area contributed by atoms with Crippen LogP contribution in [0, 0.1) is 23.3 Å². The minimum absolute atomic E-state index is 0.121. The van der Waals surface area contributed by atoms with Crippen molar-refractivity contribution in [2.45, 2.75) is 6.92 Å². The molecule has 0 radical (unpaired) electrons. The Bertz CT molecular complexity index is 929. The van der Waals surface area contributed by atoms with Crippen molar-refractivity contribution in [2.24, 2.45) is 0 Å². The Kier molecular flexibility index (Phi) is 5.94. The van der Waals surface area contributed by atoms with Gasteiger partial charge in [-0.25, -0.2) is 22.2 Å². The van der Waals surface area contributed by atoms with Crippen molar-refractivity contribution in [2.75, 3.05) is 32.9 Å². The quantitative estimate of drug-likeness (QED) is 0.251. The van der Waals surface area contributed by atoms with Crippen LogP contribution in [-0.2, 0) is 4.74 Å². The van der Waals surface area contributed by atoms with Crippen molar-refractivity contribution in [3.05, 3.63) is 46.7 Å². The van der Waals surface area contributed by atoms with E-state index in [0.29, 0.717) is 32.4 Å². The fourth-order valence-corrected chi connectivity index (χ4v) is 2.91. The number of benzene rings is 1. The monoisotopic (exact) mass is 417 g/mol. The molecule has 0 atom stereocenters. The highest BCUT2D eigenvalue weighted by Gasteiger charge is 2.28. The first-order valence-electron chi connectivity index (χ1n) is 8.32. The first kappa shape index (κ1) is 20.2. The maximum atomic E-state index is 14.0. The summed E-state index contributed by atoms with van der Waals surface area (Å²) in [5, 5.41) is 4.33. The second-order valence-corrected chi connectivity index (χ2v) is 6.15. The van der Waals surface area contributed by atoms with Gasteiger partial charge in [0.05, 0.1) is 25.4 Å². The van der Waals surface area contributed by atoms with E-state index in [1.54, 1.807) is 11.8 Å². The van der Waals surface area contributed by atoms with Gasteiger partial charge in [0, 0.05) is 19.3 Å². The molecule has 150 valence electrons. The summed E-state index contributed by atoms with van der Waals surface area (Å²) in [7, 11) is 0. The summed E-state index contributed by atoms with van der Waals surface area (Å²) in [6, 6.07) is 0.295. The molecular formula is C17H15F4N3O3S. The lowest BCUT2D eigenvalue weighted by molar-refractivity contribution is 0.0675. The Morgan fingerprint density at radius 1 is 1.18 bits per heavy atom. The molecule has 11 heteroatoms. The van der Waals surface area contributed by atoms with Crippen LogP contribution in [-0.4, -0.2) is 58.5 Å². The Hall–Kier alpha value is -2.53. The second-order valence-electron chi connectivity index (χ2n) is 5.78. The van der Waals surface area contributed by atoms with Gasteiger partial charge in [0.2, 0.25) is 11.7 Å². The fraction of sp³-hybridized carbons (Fsp3) is 0.353. The van der Waals surface area contributed by atoms with Gasteiger partial charge in [-0.1, -0.05) is 0 Å². The fourth-order valence-electron chi connectivity index (χ4n) is 2.64. The highest BCUT2D eigenvalue weighted by atomic mass is 32.1. The molecule has 3 rings (SSSR count). The van der Waals surface area contributed by atoms with Gasteiger partial charge >= 0.3 is 0 Å². The predicted molar refractivity (Wildman–Crippen MR) is 93.5 cm³/mol. The average molecular weight is 417 g/mol. The predicted octanol–water partition coefficient (Wildman–Crippen LogP) is 2.53. The van der Waals surface area contributed by atoms with Crippen LogP contribution in [0.3, 0.4) is 0 Å². The van der Waals surface area contributed by atoms with E-state index in [2.05, 4.69) is 5.10 Å². The van der Waals surface area contributed by atoms with Gasteiger partial charge in [-0.3, -0.25) is 4.79 Å². The molecule has 6 nitrogen and oxygen atoms in total. The maximum Gasteiger partial charge on any atom is 0.244 e. The molecule has 1 aromatic heterocycles. The summed E-state index contributed by atoms with van der Waals surface area (Å²) in [5.41, 5.74) is -1.24. The van der Waals surface area contributed by atoms with Crippen LogP contribution < -0.4 is 4.74 Å². The molecule has 1 fully saturated rings. The number of ketones is 1. The Balaban J connectivity index is 2.00. The summed E-state index contributed by atoms with van der Waals surface area (Å²) < 4.78 is 65.9. The van der Waals surface area contributed by atoms with Crippen molar-refractivity contribution in [3.8, 4) is 5.88 Å². The molecule has 1 aromatic carbocycles. The van der Waals surface area contributed by atoms with Gasteiger partial charge in [-0.15, -0.1) is 5.10 Å². The van der Waals surface area contributed by atoms with Crippen LogP contribution in [0.4, 0.5) is 17.6 Å². The van der Waals surface area contributed by atoms with E-state index in [4.69, 9.17) is 21.7 Å². The molecule has 1 aliphatic rings. The molecule has 0 amide bonds. The van der Waals surface area contributed by atoms with Crippen LogP contribution in [0.5, 0.6) is 5.88 Å². The third kappa shape index (κ3) is 3.72. The summed E-state index contributed by atoms with van der Waals surface area (Å²) >= 11 is 5.35. The number of carbonyl (C=O) groups is 1. The minimum Gasteiger partial charge on any atom is -0.476 e. The Morgan fingerprint density at radius 3 is 2.50 bits per heavy atom. The normalized spacial score (nSPS) is 14.2. The number of hydrogen-bond donors (Lipinski definition) is 0. The third-order valence-electron chi connectivity index (χ3n) is 4.03. The Labute approximate surface area is 162 Å². The highest BCUT2D eigenvalue weighted by molar-refractivity contribution is 7.80. The second kappa shape index (κ2) is 8.23. The molecule has 0 unspecified atom stereocenters. The molecule has 0 N–H and O–H groups in total. The molecule has 1 aliphatic heterocycles. The van der Waals surface area contributed by atoms with Crippen LogP contribution in [0.25, 0.3) is 0 Å². The molecule has 0 bridgehead atoms. The van der Waals surface area contributed by atoms with Gasteiger partial charge in [-0.2, -0.15) is 0 Å². The maximum absolute atomic E-state index is 14.0. The molecule has 2 heterocycles. The highest BCUT2D eigenvalue weighted by Crippen LogP contribution is 2.25. The summed E-state index contributed by atoms with van der Waals surface area (Å²) in [4.78, 5) is 14.5. The number of morpholine rings is 1. The van der Waals surface area contributed by atoms with Crippen molar-refractivity contribution in [3.63, 3.8) is 0 Å². The van der Waals surface area contributed by atoms with Crippen molar-refractivity contribution in [1.29, 1.82) is 0 Å². The third-order valence-corrected chi connectivity index (χ3v) is 4.48. The number of hydrogen-bond acceptors (Lipinski definition) is 5. The van der Waals surface area contributed by atoms with Crippen molar-refractivity contribution >= 4 is 23.1 Å². The zero-order valence-electron chi connectivity index (χ0n) is 14.7. The van der Waals surface area contributed by atoms with E-state index >= 15 is 0 Å². The first-order chi connectivity index (χ1) is 13.3. The topological polar surface area (TPSA) is 56.6 Å². The summed E-state index contributed by atoms with van der Waals surface area (Å²) in [5.74, 6) is -8.85. The molecule has 2 aromatic rings. The first-order valence-corrected chi connectivity index (χ1v) is 8.73. The van der Waals surface area contributed by atoms with Gasteiger partial charge in [-0.05, 0) is 25.2 Å². The number of rotatable bonds is 4. The molecule has 0 aliphatic carbocycles. The number of halogens is 4. The number of carbonyl (C=O) groups excluding carboxylic acids is 1. The Morgan fingerprint density at radius 2 is 1.86 bits per heavy atom. The molecule has 0 saturated carbocycles. The van der Waals surface area contributed by atoms with Crippen LogP contribution in [0.1, 0.15) is 22.8 Å². The average Bonchev–Trinajstić information content (AvgIpc) is 3.13. The zero-order valence-corrected chi connectivity index (χ0v) is 15.5. The summed E-state index contributed by atoms with van der Waals surface area (Å²) in [6.07, 6.45) is 1.18. The minimum atomic E-state index is -2.07. The van der Waals surface area contributed by atoms with E-state index in [9.17, 15) is 22.4 Å². The van der Waals surface area contributed by atoms with Crippen molar-refractivity contribution < 1.29 is 31.8 Å². The zero-order chi connectivity index (χ0) is 20.4. The molecule has 0 spiro atoms. The molecule has 1 saturated heterocycles. The van der Waals surface area contributed by atoms with E-state index < -0.39 is 34.6 Å². The van der Waals surface area contributed by atoms with Crippen LogP contribution in [0.15, 0.2) is 12.3 Å². The van der Waals surface area contributed by atoms with Gasteiger partial charge < -0.3 is 14.4 Å². The van der Waals surface area contributed by atoms with E-state index in [0.717, 1.165) is 0 Å². The van der Waals surface area contributed by atoms with Crippen LogP contribution in [0.2, 0.25) is 0 Å². The van der Waals surface area contributed by atoms with Crippen LogP contribution >= 0.6 is 12.2 Å². The van der Waals surface area contributed by atoms with Gasteiger partial charge in [0.1, 0.15) is 5.56 Å². The van der Waals surface area contributed by atoms with E-state index in [1.807, 2.05) is 0 Å². The van der Waals surface area contributed by atoms with E-state index in [1.165, 1.54) is 10.9 Å². The number of aromatic nitrogens is 2. The van der Waals surface area contributed by atoms with Gasteiger partial charge in [0.25, 0.3) is 0 Å². The number of nitrogens with zero attached hydrogens (tertiary/aromatic N) is 3. The lowest BCUT2D eigenvalue weighted by Crippen LogP contribution is -2.42. The SMILES string of the molecule is CCOc1nn(C(=S)N2CCOCC2)cc1C(=O)c1cc(F)c(F)c(F)c1F. The standard InChI is InChI=1S/C17H15F4N3O3S/c1-2-27-16-10(8-24(22-16)17(28)23-3-5-26-6-4-23)15(25)9-7-11(18)13(20)14(21)12(9)19/h7-8H,2-6H2,1H3. The van der Waals surface area contributed by atoms with Crippen molar-refractivity contribution in [1.82, 2.24) is 14.7 Å². The molecular weight excluding hydrogens is 402 g/mol. The number of thiocarbonyl (C=S) groups is 1. The molecule has 28 heavy (non-hydrogen) atoms. The largest absolute Gasteiger partial charge is 0.476 e. The lowest BCUT2D eigenvalue weighted by Gasteiger charge is -2.28. The number of ether oxygens (including phenoxy) is 2. The lowest BCUT2D eigenvalue weighted by atomic mass is 10.0.